The molecule has 3 heteroatoms. The van der Waals surface area contributed by atoms with Crippen molar-refractivity contribution in [2.45, 2.75) is 20.3 Å². The first-order valence-corrected chi connectivity index (χ1v) is 5.17. The molecule has 0 aromatic heterocycles. The van der Waals surface area contributed by atoms with Crippen LogP contribution >= 0.6 is 12.2 Å². The van der Waals surface area contributed by atoms with Crippen molar-refractivity contribution in [3.63, 3.8) is 0 Å². The quantitative estimate of drug-likeness (QED) is 0.730. The van der Waals surface area contributed by atoms with Crippen molar-refractivity contribution in [2.75, 3.05) is 12.4 Å². The zero-order valence-electron chi connectivity index (χ0n) is 8.85. The predicted molar refractivity (Wildman–Crippen MR) is 65.8 cm³/mol. The van der Waals surface area contributed by atoms with E-state index in [-0.39, 0.29) is 0 Å². The van der Waals surface area contributed by atoms with Crippen LogP contribution in [0.1, 0.15) is 18.1 Å². The Kier molecular flexibility index (Phi) is 3.89. The molecule has 0 amide bonds. The van der Waals surface area contributed by atoms with Crippen LogP contribution in [0.3, 0.4) is 0 Å². The highest BCUT2D eigenvalue weighted by Crippen LogP contribution is 2.18. The molecule has 0 radical (unpaired) electrons. The van der Waals surface area contributed by atoms with E-state index in [0.29, 0.717) is 5.11 Å². The molecule has 0 fully saturated rings. The van der Waals surface area contributed by atoms with Crippen LogP contribution in [0.15, 0.2) is 18.2 Å². The summed E-state index contributed by atoms with van der Waals surface area (Å²) >= 11 is 5.05. The molecule has 76 valence electrons. The standard InChI is InChI=1S/C11H16N2S/c1-4-9-6-5-7-10(8(9)2)13-11(14)12-3/h5-7H,4H2,1-3H3,(H2,12,13,14). The SMILES string of the molecule is CCc1cccc(NC(=S)NC)c1C. The summed E-state index contributed by atoms with van der Waals surface area (Å²) < 4.78 is 0. The van der Waals surface area contributed by atoms with Crippen LogP contribution in [0, 0.1) is 6.92 Å². The molecule has 1 rings (SSSR count). The number of rotatable bonds is 2. The van der Waals surface area contributed by atoms with Crippen LogP contribution in [0.4, 0.5) is 5.69 Å². The van der Waals surface area contributed by atoms with Crippen LogP contribution < -0.4 is 10.6 Å². The van der Waals surface area contributed by atoms with Gasteiger partial charge in [-0.15, -0.1) is 0 Å². The third kappa shape index (κ3) is 2.45. The second-order valence-electron chi connectivity index (χ2n) is 3.15. The van der Waals surface area contributed by atoms with Gasteiger partial charge < -0.3 is 10.6 Å². The molecular weight excluding hydrogens is 192 g/mol. The van der Waals surface area contributed by atoms with Crippen LogP contribution in [0.5, 0.6) is 0 Å². The van der Waals surface area contributed by atoms with Crippen molar-refractivity contribution in [3.8, 4) is 0 Å². The monoisotopic (exact) mass is 208 g/mol. The van der Waals surface area contributed by atoms with Crippen molar-refractivity contribution in [2.24, 2.45) is 0 Å². The lowest BCUT2D eigenvalue weighted by molar-refractivity contribution is 1.11. The fraction of sp³-hybridized carbons (Fsp3) is 0.364. The van der Waals surface area contributed by atoms with Gasteiger partial charge >= 0.3 is 0 Å². The van der Waals surface area contributed by atoms with Crippen LogP contribution in [0.2, 0.25) is 0 Å². The summed E-state index contributed by atoms with van der Waals surface area (Å²) in [6.45, 7) is 4.27. The summed E-state index contributed by atoms with van der Waals surface area (Å²) in [7, 11) is 1.81. The molecule has 1 aromatic rings. The Hall–Kier alpha value is -1.09. The molecule has 14 heavy (non-hydrogen) atoms. The number of benzene rings is 1. The van der Waals surface area contributed by atoms with E-state index in [9.17, 15) is 0 Å². The number of nitrogens with one attached hydrogen (secondary N) is 2. The van der Waals surface area contributed by atoms with Crippen LogP contribution in [-0.2, 0) is 6.42 Å². The van der Waals surface area contributed by atoms with Crippen molar-refractivity contribution >= 4 is 23.0 Å². The minimum atomic E-state index is 0.654. The molecule has 1 aromatic carbocycles. The van der Waals surface area contributed by atoms with Crippen LogP contribution in [-0.4, -0.2) is 12.2 Å². The number of hydrogen-bond donors (Lipinski definition) is 2. The van der Waals surface area contributed by atoms with Gasteiger partial charge in [-0.3, -0.25) is 0 Å². The van der Waals surface area contributed by atoms with E-state index in [1.165, 1.54) is 11.1 Å². The molecule has 0 spiro atoms. The van der Waals surface area contributed by atoms with Gasteiger partial charge in [0.15, 0.2) is 5.11 Å². The van der Waals surface area contributed by atoms with Gasteiger partial charge in [0.25, 0.3) is 0 Å². The summed E-state index contributed by atoms with van der Waals surface area (Å²) in [6, 6.07) is 6.23. The third-order valence-corrected chi connectivity index (χ3v) is 2.61. The Balaban J connectivity index is 2.92. The zero-order valence-corrected chi connectivity index (χ0v) is 9.66. The van der Waals surface area contributed by atoms with Crippen molar-refractivity contribution < 1.29 is 0 Å². The Morgan fingerprint density at radius 1 is 1.43 bits per heavy atom. The Morgan fingerprint density at radius 2 is 2.14 bits per heavy atom. The lowest BCUT2D eigenvalue weighted by atomic mass is 10.0. The first-order valence-electron chi connectivity index (χ1n) is 4.76. The van der Waals surface area contributed by atoms with E-state index in [4.69, 9.17) is 12.2 Å². The van der Waals surface area contributed by atoms with E-state index >= 15 is 0 Å². The third-order valence-electron chi connectivity index (χ3n) is 2.30. The van der Waals surface area contributed by atoms with Crippen molar-refractivity contribution in [1.29, 1.82) is 0 Å². The molecule has 0 aliphatic rings. The smallest absolute Gasteiger partial charge is 0.170 e. The maximum absolute atomic E-state index is 5.05. The summed E-state index contributed by atoms with van der Waals surface area (Å²) in [6.07, 6.45) is 1.05. The zero-order chi connectivity index (χ0) is 10.6. The first kappa shape index (κ1) is 11.0. The second kappa shape index (κ2) is 4.96. The summed E-state index contributed by atoms with van der Waals surface area (Å²) in [5.74, 6) is 0. The van der Waals surface area contributed by atoms with E-state index in [1.807, 2.05) is 19.2 Å². The number of aryl methyl sites for hydroxylation is 1. The minimum Gasteiger partial charge on any atom is -0.366 e. The summed E-state index contributed by atoms with van der Waals surface area (Å²) in [5, 5.41) is 6.71. The van der Waals surface area contributed by atoms with Gasteiger partial charge in [-0.05, 0) is 42.8 Å². The Morgan fingerprint density at radius 3 is 2.71 bits per heavy atom. The molecule has 0 aliphatic heterocycles. The second-order valence-corrected chi connectivity index (χ2v) is 3.56. The molecule has 0 saturated heterocycles. The fourth-order valence-electron chi connectivity index (χ4n) is 1.39. The van der Waals surface area contributed by atoms with E-state index < -0.39 is 0 Å². The molecule has 0 atom stereocenters. The lowest BCUT2D eigenvalue weighted by Gasteiger charge is -2.12. The molecule has 0 saturated carbocycles. The number of anilines is 1. The molecule has 0 heterocycles. The molecule has 0 aliphatic carbocycles. The molecule has 0 bridgehead atoms. The maximum Gasteiger partial charge on any atom is 0.170 e. The van der Waals surface area contributed by atoms with Gasteiger partial charge in [-0.1, -0.05) is 19.1 Å². The van der Waals surface area contributed by atoms with E-state index in [2.05, 4.69) is 30.5 Å². The average molecular weight is 208 g/mol. The van der Waals surface area contributed by atoms with Gasteiger partial charge in [0, 0.05) is 12.7 Å². The Labute approximate surface area is 90.7 Å². The summed E-state index contributed by atoms with van der Waals surface area (Å²) in [5.41, 5.74) is 3.71. The maximum atomic E-state index is 5.05. The lowest BCUT2D eigenvalue weighted by Crippen LogP contribution is -2.24. The highest BCUT2D eigenvalue weighted by Gasteiger charge is 2.02. The fourth-order valence-corrected chi connectivity index (χ4v) is 1.50. The van der Waals surface area contributed by atoms with Crippen LogP contribution in [0.25, 0.3) is 0 Å². The normalized spacial score (nSPS) is 9.64. The topological polar surface area (TPSA) is 24.1 Å². The van der Waals surface area contributed by atoms with Gasteiger partial charge in [-0.25, -0.2) is 0 Å². The van der Waals surface area contributed by atoms with Crippen molar-refractivity contribution in [3.05, 3.63) is 29.3 Å². The highest BCUT2D eigenvalue weighted by molar-refractivity contribution is 7.80. The number of thiocarbonyl (C=S) groups is 1. The van der Waals surface area contributed by atoms with E-state index in [0.717, 1.165) is 12.1 Å². The molecule has 0 unspecified atom stereocenters. The molecular formula is C11H16N2S. The molecule has 2 N–H and O–H groups in total. The van der Waals surface area contributed by atoms with Gasteiger partial charge in [0.1, 0.15) is 0 Å². The first-order chi connectivity index (χ1) is 6.69. The highest BCUT2D eigenvalue weighted by atomic mass is 32.1. The average Bonchev–Trinajstić information content (AvgIpc) is 2.21. The predicted octanol–water partition coefficient (Wildman–Crippen LogP) is 2.47. The summed E-state index contributed by atoms with van der Waals surface area (Å²) in [4.78, 5) is 0. The van der Waals surface area contributed by atoms with Crippen molar-refractivity contribution in [1.82, 2.24) is 5.32 Å². The van der Waals surface area contributed by atoms with Gasteiger partial charge in [-0.2, -0.15) is 0 Å². The van der Waals surface area contributed by atoms with E-state index in [1.54, 1.807) is 0 Å². The molecule has 2 nitrogen and oxygen atoms in total. The number of hydrogen-bond acceptors (Lipinski definition) is 1. The van der Waals surface area contributed by atoms with Gasteiger partial charge in [0.2, 0.25) is 0 Å². The largest absolute Gasteiger partial charge is 0.366 e. The minimum absolute atomic E-state index is 0.654. The van der Waals surface area contributed by atoms with Gasteiger partial charge in [0.05, 0.1) is 0 Å². The Bertz CT molecular complexity index is 334.